The van der Waals surface area contributed by atoms with Gasteiger partial charge in [0.2, 0.25) is 0 Å². The lowest BCUT2D eigenvalue weighted by Gasteiger charge is -2.18. The van der Waals surface area contributed by atoms with Gasteiger partial charge in [0.25, 0.3) is 0 Å². The minimum absolute atomic E-state index is 0.280. The summed E-state index contributed by atoms with van der Waals surface area (Å²) in [4.78, 5) is 1.35. The van der Waals surface area contributed by atoms with Crippen LogP contribution < -0.4 is 5.73 Å². The molecule has 1 nitrogen and oxygen atoms in total. The van der Waals surface area contributed by atoms with Crippen molar-refractivity contribution in [1.82, 2.24) is 0 Å². The molecular weight excluding hydrogens is 202 g/mol. The van der Waals surface area contributed by atoms with Gasteiger partial charge in [-0.25, -0.2) is 0 Å². The van der Waals surface area contributed by atoms with E-state index in [1.54, 1.807) is 0 Å². The molecule has 1 aromatic carbocycles. The van der Waals surface area contributed by atoms with Crippen molar-refractivity contribution in [3.05, 3.63) is 29.3 Å². The van der Waals surface area contributed by atoms with Crippen molar-refractivity contribution in [2.75, 3.05) is 6.54 Å². The maximum Gasteiger partial charge on any atom is 0.0122 e. The summed E-state index contributed by atoms with van der Waals surface area (Å²) >= 11 is 1.91. The number of aryl methyl sites for hydroxylation is 1. The first-order valence-electron chi connectivity index (χ1n) is 5.41. The molecule has 0 aromatic heterocycles. The Morgan fingerprint density at radius 2 is 1.93 bits per heavy atom. The largest absolute Gasteiger partial charge is 0.330 e. The van der Waals surface area contributed by atoms with Gasteiger partial charge in [0.05, 0.1) is 0 Å². The number of rotatable bonds is 3. The van der Waals surface area contributed by atoms with Crippen molar-refractivity contribution in [1.29, 1.82) is 0 Å². The quantitative estimate of drug-likeness (QED) is 0.795. The van der Waals surface area contributed by atoms with Crippen LogP contribution in [0.2, 0.25) is 0 Å². The SMILES string of the molecule is Cc1cc(SC(C)(C)C)ccc1CCN. The molecule has 0 heterocycles. The average molecular weight is 223 g/mol. The first-order chi connectivity index (χ1) is 6.92. The van der Waals surface area contributed by atoms with Gasteiger partial charge in [-0.15, -0.1) is 11.8 Å². The Hall–Kier alpha value is -0.470. The molecular formula is C13H21NS. The predicted octanol–water partition coefficient (Wildman–Crippen LogP) is 3.39. The number of nitrogens with two attached hydrogens (primary N) is 1. The average Bonchev–Trinajstić information content (AvgIpc) is 2.07. The highest BCUT2D eigenvalue weighted by Gasteiger charge is 2.12. The van der Waals surface area contributed by atoms with Crippen LogP contribution >= 0.6 is 11.8 Å². The molecule has 15 heavy (non-hydrogen) atoms. The van der Waals surface area contributed by atoms with Gasteiger partial charge in [0.1, 0.15) is 0 Å². The van der Waals surface area contributed by atoms with Gasteiger partial charge in [-0.1, -0.05) is 26.8 Å². The van der Waals surface area contributed by atoms with Gasteiger partial charge in [0.15, 0.2) is 0 Å². The van der Waals surface area contributed by atoms with Crippen LogP contribution in [-0.4, -0.2) is 11.3 Å². The van der Waals surface area contributed by atoms with Crippen molar-refractivity contribution >= 4 is 11.8 Å². The van der Waals surface area contributed by atoms with Gasteiger partial charge in [-0.2, -0.15) is 0 Å². The van der Waals surface area contributed by atoms with Crippen molar-refractivity contribution in [2.24, 2.45) is 5.73 Å². The van der Waals surface area contributed by atoms with E-state index in [1.165, 1.54) is 16.0 Å². The lowest BCUT2D eigenvalue weighted by Crippen LogP contribution is -2.07. The molecule has 2 N–H and O–H groups in total. The highest BCUT2D eigenvalue weighted by atomic mass is 32.2. The highest BCUT2D eigenvalue weighted by Crippen LogP contribution is 2.32. The molecule has 1 rings (SSSR count). The van der Waals surface area contributed by atoms with Crippen LogP contribution in [0.15, 0.2) is 23.1 Å². The van der Waals surface area contributed by atoms with E-state index in [1.807, 2.05) is 11.8 Å². The van der Waals surface area contributed by atoms with E-state index in [0.29, 0.717) is 0 Å². The zero-order valence-corrected chi connectivity index (χ0v) is 10.9. The summed E-state index contributed by atoms with van der Waals surface area (Å²) < 4.78 is 0.280. The van der Waals surface area contributed by atoms with E-state index < -0.39 is 0 Å². The predicted molar refractivity (Wildman–Crippen MR) is 69.5 cm³/mol. The fourth-order valence-corrected chi connectivity index (χ4v) is 2.60. The lowest BCUT2D eigenvalue weighted by molar-refractivity contribution is 0.802. The zero-order chi connectivity index (χ0) is 11.5. The number of hydrogen-bond donors (Lipinski definition) is 1. The van der Waals surface area contributed by atoms with Gasteiger partial charge >= 0.3 is 0 Å². The molecule has 0 saturated carbocycles. The van der Waals surface area contributed by atoms with Crippen LogP contribution in [0.25, 0.3) is 0 Å². The second kappa shape index (κ2) is 5.04. The molecule has 0 saturated heterocycles. The van der Waals surface area contributed by atoms with Gasteiger partial charge in [-0.05, 0) is 43.1 Å². The van der Waals surface area contributed by atoms with Crippen molar-refractivity contribution in [3.63, 3.8) is 0 Å². The van der Waals surface area contributed by atoms with E-state index in [9.17, 15) is 0 Å². The van der Waals surface area contributed by atoms with E-state index >= 15 is 0 Å². The molecule has 0 unspecified atom stereocenters. The Morgan fingerprint density at radius 3 is 2.40 bits per heavy atom. The number of benzene rings is 1. The Labute approximate surface area is 97.4 Å². The summed E-state index contributed by atoms with van der Waals surface area (Å²) in [5.41, 5.74) is 8.29. The second-order valence-electron chi connectivity index (χ2n) is 4.84. The van der Waals surface area contributed by atoms with Gasteiger partial charge in [0, 0.05) is 9.64 Å². The second-order valence-corrected chi connectivity index (χ2v) is 6.74. The molecule has 2 heteroatoms. The van der Waals surface area contributed by atoms with E-state index in [-0.39, 0.29) is 4.75 Å². The minimum Gasteiger partial charge on any atom is -0.330 e. The van der Waals surface area contributed by atoms with Crippen molar-refractivity contribution in [3.8, 4) is 0 Å². The monoisotopic (exact) mass is 223 g/mol. The maximum absolute atomic E-state index is 5.56. The van der Waals surface area contributed by atoms with E-state index in [0.717, 1.165) is 13.0 Å². The van der Waals surface area contributed by atoms with Crippen LogP contribution in [0.1, 0.15) is 31.9 Å². The molecule has 0 spiro atoms. The third-order valence-corrected chi connectivity index (χ3v) is 3.25. The van der Waals surface area contributed by atoms with Crippen molar-refractivity contribution < 1.29 is 0 Å². The van der Waals surface area contributed by atoms with Crippen LogP contribution in [-0.2, 0) is 6.42 Å². The smallest absolute Gasteiger partial charge is 0.0122 e. The summed E-state index contributed by atoms with van der Waals surface area (Å²) in [6, 6.07) is 6.67. The highest BCUT2D eigenvalue weighted by molar-refractivity contribution is 8.00. The molecule has 84 valence electrons. The summed E-state index contributed by atoms with van der Waals surface area (Å²) in [6.07, 6.45) is 0.978. The summed E-state index contributed by atoms with van der Waals surface area (Å²) in [7, 11) is 0. The van der Waals surface area contributed by atoms with Gasteiger partial charge < -0.3 is 5.73 Å². The molecule has 0 aliphatic heterocycles. The molecule has 0 aliphatic rings. The fourth-order valence-electron chi connectivity index (χ4n) is 1.52. The third-order valence-electron chi connectivity index (χ3n) is 2.15. The maximum atomic E-state index is 5.56. The van der Waals surface area contributed by atoms with Crippen LogP contribution in [0, 0.1) is 6.92 Å². The zero-order valence-electron chi connectivity index (χ0n) is 10.1. The molecule has 0 bridgehead atoms. The van der Waals surface area contributed by atoms with Crippen LogP contribution in [0.5, 0.6) is 0 Å². The Kier molecular flexibility index (Phi) is 4.23. The normalized spacial score (nSPS) is 11.8. The summed E-state index contributed by atoms with van der Waals surface area (Å²) in [5, 5.41) is 0. The number of hydrogen-bond acceptors (Lipinski definition) is 2. The Balaban J connectivity index is 2.82. The van der Waals surface area contributed by atoms with Crippen LogP contribution in [0.4, 0.5) is 0 Å². The fraction of sp³-hybridized carbons (Fsp3) is 0.538. The van der Waals surface area contributed by atoms with Gasteiger partial charge in [-0.3, -0.25) is 0 Å². The summed E-state index contributed by atoms with van der Waals surface area (Å²) in [6.45, 7) is 9.60. The first-order valence-corrected chi connectivity index (χ1v) is 6.22. The summed E-state index contributed by atoms with van der Waals surface area (Å²) in [5.74, 6) is 0. The first kappa shape index (κ1) is 12.6. The molecule has 0 atom stereocenters. The topological polar surface area (TPSA) is 26.0 Å². The number of thioether (sulfide) groups is 1. The molecule has 0 radical (unpaired) electrons. The third kappa shape index (κ3) is 4.27. The Bertz CT molecular complexity index is 326. The molecule has 0 fully saturated rings. The lowest BCUT2D eigenvalue weighted by atomic mass is 10.1. The van der Waals surface area contributed by atoms with Crippen LogP contribution in [0.3, 0.4) is 0 Å². The standard InChI is InChI=1S/C13H21NS/c1-10-9-12(15-13(2,3)4)6-5-11(10)7-8-14/h5-6,9H,7-8,14H2,1-4H3. The van der Waals surface area contributed by atoms with E-state index in [2.05, 4.69) is 45.9 Å². The van der Waals surface area contributed by atoms with E-state index in [4.69, 9.17) is 5.73 Å². The van der Waals surface area contributed by atoms with Crippen molar-refractivity contribution in [2.45, 2.75) is 43.8 Å². The molecule has 0 aliphatic carbocycles. The molecule has 1 aromatic rings. The Morgan fingerprint density at radius 1 is 1.27 bits per heavy atom. The minimum atomic E-state index is 0.280. The molecule has 0 amide bonds.